The molecule has 154 valence electrons. The highest BCUT2D eigenvalue weighted by molar-refractivity contribution is 6.04. The number of carbonyl (C=O) groups excluding carboxylic acids is 1. The van der Waals surface area contributed by atoms with Crippen LogP contribution in [0.4, 0.5) is 4.39 Å². The summed E-state index contributed by atoms with van der Waals surface area (Å²) in [5.74, 6) is -0.840. The van der Waals surface area contributed by atoms with Gasteiger partial charge in [0.25, 0.3) is 5.91 Å². The number of aromatic nitrogens is 2. The maximum atomic E-state index is 14.0. The molecular formula is C21H23Cl2FN4O. The second-order valence-electron chi connectivity index (χ2n) is 6.88. The van der Waals surface area contributed by atoms with Crippen molar-refractivity contribution in [3.8, 4) is 0 Å². The molecule has 1 aliphatic rings. The van der Waals surface area contributed by atoms with Gasteiger partial charge in [-0.3, -0.25) is 4.79 Å². The Morgan fingerprint density at radius 3 is 2.69 bits per heavy atom. The van der Waals surface area contributed by atoms with Gasteiger partial charge in [0, 0.05) is 18.7 Å². The zero-order valence-corrected chi connectivity index (χ0v) is 17.8. The maximum absolute atomic E-state index is 14.0. The van der Waals surface area contributed by atoms with Gasteiger partial charge in [-0.1, -0.05) is 24.3 Å². The molecule has 0 saturated heterocycles. The van der Waals surface area contributed by atoms with Crippen molar-refractivity contribution >= 4 is 41.8 Å². The molecule has 2 N–H and O–H groups in total. The van der Waals surface area contributed by atoms with Gasteiger partial charge in [-0.05, 0) is 44.0 Å². The molecule has 1 atom stereocenters. The van der Waals surface area contributed by atoms with Crippen molar-refractivity contribution in [3.63, 3.8) is 0 Å². The SMILES string of the molecule is Cc1nc2cc(F)cc(C(=O)NCC3NCCc4ccccc43)c2nc1C.Cl.Cl. The maximum Gasteiger partial charge on any atom is 0.253 e. The van der Waals surface area contributed by atoms with Crippen LogP contribution >= 0.6 is 24.8 Å². The molecule has 3 aromatic rings. The number of hydrogen-bond acceptors (Lipinski definition) is 4. The van der Waals surface area contributed by atoms with Gasteiger partial charge >= 0.3 is 0 Å². The molecule has 0 fully saturated rings. The fourth-order valence-electron chi connectivity index (χ4n) is 3.54. The minimum atomic E-state index is -0.494. The van der Waals surface area contributed by atoms with Gasteiger partial charge in [0.2, 0.25) is 0 Å². The number of halogens is 3. The summed E-state index contributed by atoms with van der Waals surface area (Å²) in [4.78, 5) is 21.6. The van der Waals surface area contributed by atoms with E-state index in [0.717, 1.165) is 24.4 Å². The Balaban J connectivity index is 0.00000150. The monoisotopic (exact) mass is 436 g/mol. The Bertz CT molecular complexity index is 1040. The van der Waals surface area contributed by atoms with Crippen molar-refractivity contribution in [2.24, 2.45) is 0 Å². The van der Waals surface area contributed by atoms with E-state index in [1.165, 1.54) is 23.3 Å². The molecule has 8 heteroatoms. The lowest BCUT2D eigenvalue weighted by Gasteiger charge is -2.27. The number of aryl methyl sites for hydroxylation is 2. The summed E-state index contributed by atoms with van der Waals surface area (Å²) >= 11 is 0. The molecule has 0 saturated carbocycles. The van der Waals surface area contributed by atoms with Crippen LogP contribution in [0.15, 0.2) is 36.4 Å². The third kappa shape index (κ3) is 4.66. The van der Waals surface area contributed by atoms with Crippen LogP contribution in [-0.4, -0.2) is 29.0 Å². The molecule has 1 unspecified atom stereocenters. The van der Waals surface area contributed by atoms with Gasteiger partial charge in [0.1, 0.15) is 11.3 Å². The Morgan fingerprint density at radius 2 is 1.90 bits per heavy atom. The van der Waals surface area contributed by atoms with Crippen LogP contribution in [0, 0.1) is 19.7 Å². The van der Waals surface area contributed by atoms with Crippen molar-refractivity contribution < 1.29 is 9.18 Å². The normalized spacial score (nSPS) is 15.1. The lowest BCUT2D eigenvalue weighted by molar-refractivity contribution is 0.0950. The van der Waals surface area contributed by atoms with Crippen LogP contribution in [0.5, 0.6) is 0 Å². The first-order valence-electron chi connectivity index (χ1n) is 9.07. The minimum absolute atomic E-state index is 0. The molecule has 1 aromatic heterocycles. The van der Waals surface area contributed by atoms with Gasteiger partial charge in [-0.15, -0.1) is 24.8 Å². The van der Waals surface area contributed by atoms with E-state index in [-0.39, 0.29) is 42.3 Å². The highest BCUT2D eigenvalue weighted by Gasteiger charge is 2.21. The Labute approximate surface area is 181 Å². The zero-order valence-electron chi connectivity index (χ0n) is 16.2. The van der Waals surface area contributed by atoms with Gasteiger partial charge in [0.05, 0.1) is 22.5 Å². The van der Waals surface area contributed by atoms with Crippen LogP contribution in [0.2, 0.25) is 0 Å². The van der Waals surface area contributed by atoms with Crippen LogP contribution in [0.1, 0.15) is 38.9 Å². The van der Waals surface area contributed by atoms with Crippen molar-refractivity contribution in [1.29, 1.82) is 0 Å². The summed E-state index contributed by atoms with van der Waals surface area (Å²) in [5.41, 5.74) is 4.97. The highest BCUT2D eigenvalue weighted by atomic mass is 35.5. The predicted molar refractivity (Wildman–Crippen MR) is 117 cm³/mol. The quantitative estimate of drug-likeness (QED) is 0.654. The number of amides is 1. The molecule has 1 aliphatic heterocycles. The largest absolute Gasteiger partial charge is 0.350 e. The predicted octanol–water partition coefficient (Wildman–Crippen LogP) is 3.85. The van der Waals surface area contributed by atoms with E-state index >= 15 is 0 Å². The second-order valence-corrected chi connectivity index (χ2v) is 6.88. The second kappa shape index (κ2) is 9.48. The third-order valence-electron chi connectivity index (χ3n) is 5.07. The summed E-state index contributed by atoms with van der Waals surface area (Å²) < 4.78 is 14.0. The topological polar surface area (TPSA) is 66.9 Å². The van der Waals surface area contributed by atoms with E-state index in [1.54, 1.807) is 0 Å². The number of nitrogens with one attached hydrogen (secondary N) is 2. The molecule has 0 radical (unpaired) electrons. The highest BCUT2D eigenvalue weighted by Crippen LogP contribution is 2.23. The van der Waals surface area contributed by atoms with Gasteiger partial charge < -0.3 is 10.6 Å². The molecule has 2 aromatic carbocycles. The zero-order chi connectivity index (χ0) is 19.0. The molecule has 0 spiro atoms. The number of fused-ring (bicyclic) bond motifs is 2. The minimum Gasteiger partial charge on any atom is -0.350 e. The summed E-state index contributed by atoms with van der Waals surface area (Å²) in [5, 5.41) is 6.36. The fourth-order valence-corrected chi connectivity index (χ4v) is 3.54. The van der Waals surface area contributed by atoms with E-state index in [0.29, 0.717) is 17.6 Å². The molecule has 0 bridgehead atoms. The Kier molecular flexibility index (Phi) is 7.52. The van der Waals surface area contributed by atoms with E-state index in [9.17, 15) is 9.18 Å². The summed E-state index contributed by atoms with van der Waals surface area (Å²) in [6, 6.07) is 10.8. The fraction of sp³-hybridized carbons (Fsp3) is 0.286. The number of nitrogens with zero attached hydrogens (tertiary/aromatic N) is 2. The van der Waals surface area contributed by atoms with Crippen LogP contribution in [-0.2, 0) is 6.42 Å². The lowest BCUT2D eigenvalue weighted by Crippen LogP contribution is -2.39. The first kappa shape index (κ1) is 23.0. The number of carbonyl (C=O) groups is 1. The van der Waals surface area contributed by atoms with E-state index < -0.39 is 5.82 Å². The number of benzene rings is 2. The number of hydrogen-bond donors (Lipinski definition) is 2. The van der Waals surface area contributed by atoms with E-state index in [4.69, 9.17) is 0 Å². The summed E-state index contributed by atoms with van der Waals surface area (Å²) in [6.45, 7) is 4.94. The summed E-state index contributed by atoms with van der Waals surface area (Å²) in [6.07, 6.45) is 0.976. The first-order valence-corrected chi connectivity index (χ1v) is 9.07. The van der Waals surface area contributed by atoms with Crippen molar-refractivity contribution in [2.75, 3.05) is 13.1 Å². The van der Waals surface area contributed by atoms with Crippen LogP contribution < -0.4 is 10.6 Å². The molecule has 0 aliphatic carbocycles. The molecule has 1 amide bonds. The van der Waals surface area contributed by atoms with Crippen molar-refractivity contribution in [1.82, 2.24) is 20.6 Å². The van der Waals surface area contributed by atoms with E-state index in [1.807, 2.05) is 26.0 Å². The van der Waals surface area contributed by atoms with Crippen LogP contribution in [0.3, 0.4) is 0 Å². The van der Waals surface area contributed by atoms with Crippen LogP contribution in [0.25, 0.3) is 11.0 Å². The third-order valence-corrected chi connectivity index (χ3v) is 5.07. The average Bonchev–Trinajstić information content (AvgIpc) is 2.66. The van der Waals surface area contributed by atoms with Gasteiger partial charge in [-0.2, -0.15) is 0 Å². The van der Waals surface area contributed by atoms with E-state index in [2.05, 4.69) is 32.7 Å². The van der Waals surface area contributed by atoms with Crippen molar-refractivity contribution in [2.45, 2.75) is 26.3 Å². The van der Waals surface area contributed by atoms with Gasteiger partial charge in [-0.25, -0.2) is 14.4 Å². The molecule has 2 heterocycles. The van der Waals surface area contributed by atoms with Gasteiger partial charge in [0.15, 0.2) is 0 Å². The first-order chi connectivity index (χ1) is 13.0. The lowest BCUT2D eigenvalue weighted by atomic mass is 9.94. The summed E-state index contributed by atoms with van der Waals surface area (Å²) in [7, 11) is 0. The Hall–Kier alpha value is -2.28. The average molecular weight is 437 g/mol. The smallest absolute Gasteiger partial charge is 0.253 e. The molecule has 5 nitrogen and oxygen atoms in total. The van der Waals surface area contributed by atoms with Crippen molar-refractivity contribution in [3.05, 3.63) is 70.3 Å². The standard InChI is InChI=1S/C21H21FN4O.2ClH/c1-12-13(2)26-20-17(9-15(22)10-18(20)25-12)21(27)24-11-19-16-6-4-3-5-14(16)7-8-23-19;;/h3-6,9-10,19,23H,7-8,11H2,1-2H3,(H,24,27);2*1H. The Morgan fingerprint density at radius 1 is 1.17 bits per heavy atom. The molecule has 4 rings (SSSR count). The molecular weight excluding hydrogens is 414 g/mol. The number of rotatable bonds is 3. The molecule has 29 heavy (non-hydrogen) atoms.